The van der Waals surface area contributed by atoms with E-state index in [1.165, 1.54) is 0 Å². The Balaban J connectivity index is 2.20. The fourth-order valence-corrected chi connectivity index (χ4v) is 1.81. The van der Waals surface area contributed by atoms with Crippen LogP contribution in [0.25, 0.3) is 10.9 Å². The Morgan fingerprint density at radius 3 is 2.89 bits per heavy atom. The highest BCUT2D eigenvalue weighted by Crippen LogP contribution is 2.15. The van der Waals surface area contributed by atoms with Crippen LogP contribution in [0.4, 0.5) is 0 Å². The standard InChI is InChI=1S/C14H15N3OS/c1-9(13(15)19)8-17-14(18)11-6-2-4-10-5-3-7-16-12(10)11/h2-7,9H,8H2,1H3,(H2,15,19)(H,17,18). The average Bonchev–Trinajstić information content (AvgIpc) is 2.43. The van der Waals surface area contributed by atoms with Gasteiger partial charge in [-0.15, -0.1) is 0 Å². The second-order valence-electron chi connectivity index (χ2n) is 4.39. The molecule has 5 heteroatoms. The number of nitrogens with one attached hydrogen (secondary N) is 1. The monoisotopic (exact) mass is 273 g/mol. The van der Waals surface area contributed by atoms with Gasteiger partial charge in [-0.1, -0.05) is 37.3 Å². The molecule has 0 radical (unpaired) electrons. The molecule has 4 nitrogen and oxygen atoms in total. The Morgan fingerprint density at radius 2 is 2.16 bits per heavy atom. The Hall–Kier alpha value is -2.01. The Kier molecular flexibility index (Phi) is 4.06. The molecule has 0 saturated heterocycles. The summed E-state index contributed by atoms with van der Waals surface area (Å²) in [6.07, 6.45) is 1.68. The third-order valence-electron chi connectivity index (χ3n) is 2.93. The zero-order valence-corrected chi connectivity index (χ0v) is 11.4. The summed E-state index contributed by atoms with van der Waals surface area (Å²) in [5.74, 6) is -0.186. The first-order valence-electron chi connectivity index (χ1n) is 6.01. The first kappa shape index (κ1) is 13.4. The Morgan fingerprint density at radius 1 is 1.42 bits per heavy atom. The Labute approximate surface area is 117 Å². The maximum absolute atomic E-state index is 12.2. The number of hydrogen-bond acceptors (Lipinski definition) is 3. The summed E-state index contributed by atoms with van der Waals surface area (Å²) >= 11 is 4.88. The summed E-state index contributed by atoms with van der Waals surface area (Å²) in [6.45, 7) is 2.31. The van der Waals surface area contributed by atoms with E-state index in [0.29, 0.717) is 22.6 Å². The maximum atomic E-state index is 12.2. The van der Waals surface area contributed by atoms with E-state index < -0.39 is 0 Å². The lowest BCUT2D eigenvalue weighted by atomic mass is 10.1. The van der Waals surface area contributed by atoms with E-state index >= 15 is 0 Å². The summed E-state index contributed by atoms with van der Waals surface area (Å²) in [4.78, 5) is 16.8. The molecule has 0 saturated carbocycles. The van der Waals surface area contributed by atoms with Crippen LogP contribution in [0.5, 0.6) is 0 Å². The number of carbonyl (C=O) groups excluding carboxylic acids is 1. The van der Waals surface area contributed by atoms with Crippen LogP contribution in [-0.4, -0.2) is 22.4 Å². The van der Waals surface area contributed by atoms with Gasteiger partial charge in [-0.25, -0.2) is 0 Å². The Bertz CT molecular complexity index is 622. The van der Waals surface area contributed by atoms with Crippen molar-refractivity contribution in [2.24, 2.45) is 11.7 Å². The molecule has 19 heavy (non-hydrogen) atoms. The van der Waals surface area contributed by atoms with Gasteiger partial charge in [-0.3, -0.25) is 9.78 Å². The second kappa shape index (κ2) is 5.75. The van der Waals surface area contributed by atoms with Gasteiger partial charge < -0.3 is 11.1 Å². The minimum Gasteiger partial charge on any atom is -0.393 e. The second-order valence-corrected chi connectivity index (χ2v) is 4.87. The molecule has 2 aromatic rings. The molecule has 0 bridgehead atoms. The van der Waals surface area contributed by atoms with Crippen molar-refractivity contribution in [3.63, 3.8) is 0 Å². The van der Waals surface area contributed by atoms with Crippen molar-refractivity contribution in [1.29, 1.82) is 0 Å². The van der Waals surface area contributed by atoms with Crippen LogP contribution in [0.1, 0.15) is 17.3 Å². The maximum Gasteiger partial charge on any atom is 0.253 e. The predicted octanol–water partition coefficient (Wildman–Crippen LogP) is 1.89. The number of nitrogens with two attached hydrogens (primary N) is 1. The summed E-state index contributed by atoms with van der Waals surface area (Å²) in [5, 5.41) is 3.77. The van der Waals surface area contributed by atoms with Crippen LogP contribution >= 0.6 is 12.2 Å². The highest BCUT2D eigenvalue weighted by Gasteiger charge is 2.12. The summed E-state index contributed by atoms with van der Waals surface area (Å²) < 4.78 is 0. The SMILES string of the molecule is CC(CNC(=O)c1cccc2cccnc12)C(N)=S. The average molecular weight is 273 g/mol. The van der Waals surface area contributed by atoms with Crippen LogP contribution in [0.2, 0.25) is 0 Å². The lowest BCUT2D eigenvalue weighted by Crippen LogP contribution is -2.33. The zero-order chi connectivity index (χ0) is 13.8. The van der Waals surface area contributed by atoms with E-state index in [1.807, 2.05) is 31.2 Å². The van der Waals surface area contributed by atoms with E-state index in [4.69, 9.17) is 18.0 Å². The number of para-hydroxylation sites is 1. The normalized spacial score (nSPS) is 12.1. The van der Waals surface area contributed by atoms with Crippen molar-refractivity contribution >= 4 is 34.0 Å². The van der Waals surface area contributed by atoms with Crippen molar-refractivity contribution in [2.75, 3.05) is 6.54 Å². The van der Waals surface area contributed by atoms with Crippen molar-refractivity contribution < 1.29 is 4.79 Å². The third kappa shape index (κ3) is 3.06. The molecule has 1 unspecified atom stereocenters. The molecule has 0 spiro atoms. The molecule has 0 aliphatic heterocycles. The molecule has 98 valence electrons. The van der Waals surface area contributed by atoms with E-state index in [1.54, 1.807) is 12.3 Å². The van der Waals surface area contributed by atoms with Gasteiger partial charge in [-0.05, 0) is 12.1 Å². The van der Waals surface area contributed by atoms with Gasteiger partial charge in [0.2, 0.25) is 0 Å². The number of fused-ring (bicyclic) bond motifs is 1. The number of nitrogens with zero attached hydrogens (tertiary/aromatic N) is 1. The number of rotatable bonds is 4. The molecular formula is C14H15N3OS. The van der Waals surface area contributed by atoms with E-state index in [9.17, 15) is 4.79 Å². The number of hydrogen-bond donors (Lipinski definition) is 2. The number of benzene rings is 1. The first-order valence-corrected chi connectivity index (χ1v) is 6.41. The molecule has 0 fully saturated rings. The zero-order valence-electron chi connectivity index (χ0n) is 10.6. The molecule has 1 aromatic heterocycles. The number of thiocarbonyl (C=S) groups is 1. The minimum atomic E-state index is -0.160. The first-order chi connectivity index (χ1) is 9.09. The fraction of sp³-hybridized carbons (Fsp3) is 0.214. The molecule has 0 aliphatic carbocycles. The van der Waals surface area contributed by atoms with Crippen molar-refractivity contribution in [3.05, 3.63) is 42.1 Å². The van der Waals surface area contributed by atoms with E-state index in [-0.39, 0.29) is 11.8 Å². The summed E-state index contributed by atoms with van der Waals surface area (Å²) in [5.41, 5.74) is 6.78. The molecule has 1 heterocycles. The van der Waals surface area contributed by atoms with E-state index in [0.717, 1.165) is 5.39 Å². The van der Waals surface area contributed by atoms with Gasteiger partial charge >= 0.3 is 0 Å². The highest BCUT2D eigenvalue weighted by atomic mass is 32.1. The van der Waals surface area contributed by atoms with Crippen LogP contribution in [-0.2, 0) is 0 Å². The van der Waals surface area contributed by atoms with Gasteiger partial charge in [0.15, 0.2) is 0 Å². The van der Waals surface area contributed by atoms with Crippen LogP contribution < -0.4 is 11.1 Å². The molecular weight excluding hydrogens is 258 g/mol. The highest BCUT2D eigenvalue weighted by molar-refractivity contribution is 7.80. The van der Waals surface area contributed by atoms with Crippen molar-refractivity contribution in [1.82, 2.24) is 10.3 Å². The van der Waals surface area contributed by atoms with Crippen LogP contribution in [0.15, 0.2) is 36.5 Å². The molecule has 0 aliphatic rings. The molecule has 1 amide bonds. The third-order valence-corrected chi connectivity index (χ3v) is 3.33. The number of pyridine rings is 1. The summed E-state index contributed by atoms with van der Waals surface area (Å²) in [6, 6.07) is 9.30. The summed E-state index contributed by atoms with van der Waals surface area (Å²) in [7, 11) is 0. The van der Waals surface area contributed by atoms with Gasteiger partial charge in [0, 0.05) is 24.0 Å². The van der Waals surface area contributed by atoms with Gasteiger partial charge in [0.1, 0.15) is 0 Å². The predicted molar refractivity (Wildman–Crippen MR) is 80.0 cm³/mol. The molecule has 3 N–H and O–H groups in total. The number of carbonyl (C=O) groups is 1. The number of amides is 1. The largest absolute Gasteiger partial charge is 0.393 e. The van der Waals surface area contributed by atoms with Gasteiger partial charge in [0.05, 0.1) is 16.1 Å². The van der Waals surface area contributed by atoms with E-state index in [2.05, 4.69) is 10.3 Å². The topological polar surface area (TPSA) is 68.0 Å². The van der Waals surface area contributed by atoms with Gasteiger partial charge in [0.25, 0.3) is 5.91 Å². The lowest BCUT2D eigenvalue weighted by Gasteiger charge is -2.11. The van der Waals surface area contributed by atoms with Crippen molar-refractivity contribution in [2.45, 2.75) is 6.92 Å². The molecule has 1 aromatic carbocycles. The lowest BCUT2D eigenvalue weighted by molar-refractivity contribution is 0.0953. The number of aromatic nitrogens is 1. The fourth-order valence-electron chi connectivity index (χ4n) is 1.73. The quantitative estimate of drug-likeness (QED) is 0.835. The minimum absolute atomic E-state index is 0.0260. The van der Waals surface area contributed by atoms with Crippen LogP contribution in [0, 0.1) is 5.92 Å². The van der Waals surface area contributed by atoms with Crippen molar-refractivity contribution in [3.8, 4) is 0 Å². The van der Waals surface area contributed by atoms with Gasteiger partial charge in [-0.2, -0.15) is 0 Å². The molecule has 1 atom stereocenters. The molecule has 2 rings (SSSR count). The van der Waals surface area contributed by atoms with Crippen LogP contribution in [0.3, 0.4) is 0 Å². The smallest absolute Gasteiger partial charge is 0.253 e.